The van der Waals surface area contributed by atoms with Gasteiger partial charge in [-0.1, -0.05) is 42.5 Å². The minimum atomic E-state index is -0.475. The Hall–Kier alpha value is -3.03. The molecule has 4 rings (SSSR count). The van der Waals surface area contributed by atoms with Crippen LogP contribution in [0, 0.1) is 0 Å². The van der Waals surface area contributed by atoms with Gasteiger partial charge in [-0.15, -0.1) is 11.3 Å². The first kappa shape index (κ1) is 19.3. The van der Waals surface area contributed by atoms with Crippen molar-refractivity contribution in [3.8, 4) is 11.1 Å². The molecule has 0 radical (unpaired) electrons. The zero-order valence-electron chi connectivity index (χ0n) is 15.5. The van der Waals surface area contributed by atoms with Gasteiger partial charge >= 0.3 is 0 Å². The van der Waals surface area contributed by atoms with Gasteiger partial charge in [0.05, 0.1) is 5.56 Å². The van der Waals surface area contributed by atoms with Gasteiger partial charge in [-0.3, -0.25) is 14.9 Å². The second kappa shape index (κ2) is 8.14. The minimum Gasteiger partial charge on any atom is -0.365 e. The van der Waals surface area contributed by atoms with Crippen LogP contribution in [-0.2, 0) is 12.8 Å². The van der Waals surface area contributed by atoms with E-state index in [1.54, 1.807) is 12.1 Å². The predicted molar refractivity (Wildman–Crippen MR) is 120 cm³/mol. The van der Waals surface area contributed by atoms with Crippen LogP contribution < -0.4 is 16.4 Å². The van der Waals surface area contributed by atoms with Crippen molar-refractivity contribution >= 4 is 45.5 Å². The maximum atomic E-state index is 12.5. The molecule has 1 heterocycles. The largest absolute Gasteiger partial charge is 0.365 e. The van der Waals surface area contributed by atoms with Gasteiger partial charge in [0.25, 0.3) is 11.8 Å². The molecule has 0 atom stereocenters. The number of carbonyl (C=O) groups is 2. The lowest BCUT2D eigenvalue weighted by atomic mass is 10.0. The molecule has 4 N–H and O–H groups in total. The predicted octanol–water partition coefficient (Wildman–Crippen LogP) is 4.13. The third-order valence-corrected chi connectivity index (χ3v) is 6.29. The van der Waals surface area contributed by atoms with Gasteiger partial charge in [0.2, 0.25) is 0 Å². The fourth-order valence-corrected chi connectivity index (χ4v) is 5.07. The van der Waals surface area contributed by atoms with Crippen LogP contribution in [0.25, 0.3) is 11.1 Å². The van der Waals surface area contributed by atoms with E-state index in [0.717, 1.165) is 40.8 Å². The average molecular weight is 422 g/mol. The molecule has 5 nitrogen and oxygen atoms in total. The Kier molecular flexibility index (Phi) is 5.42. The molecule has 1 aliphatic carbocycles. The van der Waals surface area contributed by atoms with Crippen LogP contribution in [0.5, 0.6) is 0 Å². The summed E-state index contributed by atoms with van der Waals surface area (Å²) in [5, 5.41) is 6.39. The molecule has 146 valence electrons. The fourth-order valence-electron chi connectivity index (χ4n) is 3.51. The van der Waals surface area contributed by atoms with Crippen molar-refractivity contribution in [2.45, 2.75) is 19.3 Å². The summed E-state index contributed by atoms with van der Waals surface area (Å²) in [7, 11) is 0. The average Bonchev–Trinajstić information content (AvgIpc) is 3.29. The Morgan fingerprint density at radius 2 is 1.66 bits per heavy atom. The molecule has 0 aliphatic heterocycles. The maximum absolute atomic E-state index is 12.5. The van der Waals surface area contributed by atoms with Crippen LogP contribution in [0.3, 0.4) is 0 Å². The van der Waals surface area contributed by atoms with Crippen LogP contribution in [0.15, 0.2) is 54.6 Å². The second-order valence-electron chi connectivity index (χ2n) is 6.78. The van der Waals surface area contributed by atoms with Crippen molar-refractivity contribution in [1.29, 1.82) is 0 Å². The van der Waals surface area contributed by atoms with Crippen molar-refractivity contribution in [1.82, 2.24) is 5.32 Å². The highest BCUT2D eigenvalue weighted by atomic mass is 32.1. The first-order chi connectivity index (χ1) is 14.0. The Morgan fingerprint density at radius 3 is 2.34 bits per heavy atom. The molecule has 0 saturated carbocycles. The number of thiocarbonyl (C=S) groups is 1. The van der Waals surface area contributed by atoms with Crippen LogP contribution >= 0.6 is 23.6 Å². The number of amides is 2. The normalized spacial score (nSPS) is 12.3. The van der Waals surface area contributed by atoms with E-state index in [-0.39, 0.29) is 11.0 Å². The second-order valence-corrected chi connectivity index (χ2v) is 8.29. The number of nitrogens with one attached hydrogen (secondary N) is 2. The molecule has 1 aliphatic rings. The van der Waals surface area contributed by atoms with Gasteiger partial charge in [-0.25, -0.2) is 0 Å². The van der Waals surface area contributed by atoms with Gasteiger partial charge in [-0.05, 0) is 60.3 Å². The topological polar surface area (TPSA) is 84.2 Å². The summed E-state index contributed by atoms with van der Waals surface area (Å²) in [4.78, 5) is 25.6. The van der Waals surface area contributed by atoms with Gasteiger partial charge in [0, 0.05) is 10.4 Å². The number of thiophene rings is 1. The summed E-state index contributed by atoms with van der Waals surface area (Å²) in [6.45, 7) is 0. The lowest BCUT2D eigenvalue weighted by molar-refractivity contribution is 0.0975. The molecule has 1 aromatic heterocycles. The molecule has 0 unspecified atom stereocenters. The first-order valence-electron chi connectivity index (χ1n) is 9.25. The highest BCUT2D eigenvalue weighted by molar-refractivity contribution is 7.80. The zero-order valence-corrected chi connectivity index (χ0v) is 17.2. The number of nitrogens with two attached hydrogens (primary N) is 1. The van der Waals surface area contributed by atoms with E-state index in [0.29, 0.717) is 16.1 Å². The molecule has 7 heteroatoms. The smallest absolute Gasteiger partial charge is 0.257 e. The van der Waals surface area contributed by atoms with Crippen LogP contribution in [0.1, 0.15) is 37.6 Å². The summed E-state index contributed by atoms with van der Waals surface area (Å²) in [5.41, 5.74) is 9.67. The fraction of sp³-hybridized carbons (Fsp3) is 0.136. The molecule has 2 aromatic carbocycles. The van der Waals surface area contributed by atoms with Crippen molar-refractivity contribution in [3.63, 3.8) is 0 Å². The van der Waals surface area contributed by atoms with Gasteiger partial charge in [0.15, 0.2) is 5.11 Å². The molecule has 0 saturated heterocycles. The van der Waals surface area contributed by atoms with E-state index in [9.17, 15) is 9.59 Å². The lowest BCUT2D eigenvalue weighted by Crippen LogP contribution is -2.34. The van der Waals surface area contributed by atoms with Crippen LogP contribution in [-0.4, -0.2) is 16.9 Å². The van der Waals surface area contributed by atoms with E-state index < -0.39 is 5.91 Å². The highest BCUT2D eigenvalue weighted by Gasteiger charge is 2.25. The quantitative estimate of drug-likeness (QED) is 0.553. The Morgan fingerprint density at radius 1 is 0.966 bits per heavy atom. The Bertz CT molecular complexity index is 1090. The van der Waals surface area contributed by atoms with Crippen LogP contribution in [0.4, 0.5) is 5.00 Å². The lowest BCUT2D eigenvalue weighted by Gasteiger charge is -2.10. The van der Waals surface area contributed by atoms with E-state index >= 15 is 0 Å². The summed E-state index contributed by atoms with van der Waals surface area (Å²) in [6.07, 6.45) is 2.81. The number of aryl methyl sites for hydroxylation is 1. The summed E-state index contributed by atoms with van der Waals surface area (Å²) in [6, 6.07) is 17.3. The third-order valence-electron chi connectivity index (χ3n) is 4.88. The SMILES string of the molecule is NC(=O)c1c(NC(=S)NC(=O)c2ccc(-c3ccccc3)cc2)sc2c1CCC2. The zero-order chi connectivity index (χ0) is 20.4. The van der Waals surface area contributed by atoms with Crippen molar-refractivity contribution < 1.29 is 9.59 Å². The molecule has 2 amide bonds. The van der Waals surface area contributed by atoms with Gasteiger partial charge in [0.1, 0.15) is 5.00 Å². The van der Waals surface area contributed by atoms with Gasteiger partial charge in [-0.2, -0.15) is 0 Å². The van der Waals surface area contributed by atoms with E-state index in [2.05, 4.69) is 10.6 Å². The monoisotopic (exact) mass is 421 g/mol. The number of anilines is 1. The summed E-state index contributed by atoms with van der Waals surface area (Å²) in [5.74, 6) is -0.788. The molecular weight excluding hydrogens is 402 g/mol. The number of benzene rings is 2. The maximum Gasteiger partial charge on any atom is 0.257 e. The van der Waals surface area contributed by atoms with E-state index in [4.69, 9.17) is 18.0 Å². The number of fused-ring (bicyclic) bond motifs is 1. The number of hydrogen-bond donors (Lipinski definition) is 3. The number of carbonyl (C=O) groups excluding carboxylic acids is 2. The molecule has 3 aromatic rings. The molecule has 0 bridgehead atoms. The minimum absolute atomic E-state index is 0.143. The molecule has 0 spiro atoms. The van der Waals surface area contributed by atoms with Gasteiger partial charge < -0.3 is 11.1 Å². The Labute approximate surface area is 177 Å². The first-order valence-corrected chi connectivity index (χ1v) is 10.5. The van der Waals surface area contributed by atoms with E-state index in [1.807, 2.05) is 42.5 Å². The Balaban J connectivity index is 1.44. The van der Waals surface area contributed by atoms with Crippen molar-refractivity contribution in [3.05, 3.63) is 76.2 Å². The van der Waals surface area contributed by atoms with Crippen molar-refractivity contribution in [2.75, 3.05) is 5.32 Å². The molecule has 29 heavy (non-hydrogen) atoms. The number of rotatable bonds is 4. The van der Waals surface area contributed by atoms with Crippen molar-refractivity contribution in [2.24, 2.45) is 5.73 Å². The van der Waals surface area contributed by atoms with E-state index in [1.165, 1.54) is 11.3 Å². The third kappa shape index (κ3) is 4.06. The van der Waals surface area contributed by atoms with Crippen LogP contribution in [0.2, 0.25) is 0 Å². The molecule has 0 fully saturated rings. The number of hydrogen-bond acceptors (Lipinski definition) is 4. The summed E-state index contributed by atoms with van der Waals surface area (Å²) < 4.78 is 0. The number of primary amides is 1. The molecular formula is C22H19N3O2S2. The highest BCUT2D eigenvalue weighted by Crippen LogP contribution is 2.38. The summed E-state index contributed by atoms with van der Waals surface area (Å²) >= 11 is 6.76. The standard InChI is InChI=1S/C22H19N3O2S2/c23-19(26)18-16-7-4-8-17(16)29-21(18)25-22(28)24-20(27)15-11-9-14(10-12-15)13-5-2-1-3-6-13/h1-3,5-6,9-12H,4,7-8H2,(H2,23,26)(H2,24,25,27,28).